The molecule has 0 saturated carbocycles. The summed E-state index contributed by atoms with van der Waals surface area (Å²) in [4.78, 5) is 29.5. The van der Waals surface area contributed by atoms with E-state index in [1.54, 1.807) is 59.2 Å². The zero-order valence-corrected chi connectivity index (χ0v) is 16.4. The number of hydrogen-bond donors (Lipinski definition) is 0. The second-order valence-electron chi connectivity index (χ2n) is 5.85. The summed E-state index contributed by atoms with van der Waals surface area (Å²) in [5, 5.41) is 2.64. The Bertz CT molecular complexity index is 851. The van der Waals surface area contributed by atoms with Crippen LogP contribution in [-0.4, -0.2) is 40.3 Å². The number of ether oxygens (including phenoxy) is 1. The fraction of sp³-hybridized carbons (Fsp3) is 0.278. The third-order valence-corrected chi connectivity index (χ3v) is 7.11. The van der Waals surface area contributed by atoms with Crippen molar-refractivity contribution < 1.29 is 14.3 Å². The smallest absolute Gasteiger partial charge is 0.338 e. The predicted octanol–water partition coefficient (Wildman–Crippen LogP) is 3.67. The highest BCUT2D eigenvalue weighted by Gasteiger charge is 2.51. The van der Waals surface area contributed by atoms with Gasteiger partial charge in [-0.15, -0.1) is 23.1 Å². The summed E-state index contributed by atoms with van der Waals surface area (Å²) in [6, 6.07) is 10.7. The Morgan fingerprint density at radius 3 is 2.73 bits per heavy atom. The number of hydrogen-bond acceptors (Lipinski definition) is 6. The molecule has 4 rings (SSSR count). The van der Waals surface area contributed by atoms with Gasteiger partial charge in [-0.1, -0.05) is 6.07 Å². The van der Waals surface area contributed by atoms with Gasteiger partial charge < -0.3 is 9.64 Å². The monoisotopic (exact) mass is 404 g/mol. The van der Waals surface area contributed by atoms with E-state index in [9.17, 15) is 9.59 Å². The summed E-state index contributed by atoms with van der Waals surface area (Å²) >= 11 is 9.07. The number of carbonyl (C=O) groups is 2. The van der Waals surface area contributed by atoms with Crippen molar-refractivity contribution >= 4 is 58.0 Å². The maximum Gasteiger partial charge on any atom is 0.338 e. The number of anilines is 1. The number of rotatable bonds is 4. The molecule has 2 fully saturated rings. The van der Waals surface area contributed by atoms with E-state index in [1.165, 1.54) is 4.88 Å². The highest BCUT2D eigenvalue weighted by molar-refractivity contribution is 8.00. The standard InChI is InChI=1S/C18H16N2O3S3/c1-2-23-17(22)11-5-7-12(8-6-11)19-15(21)13-10-26-16(20(13)18(19)24)14-4-3-9-25-14/h3-9,13,16H,2,10H2,1H3/t13-,16-/m0/s1. The average molecular weight is 405 g/mol. The largest absolute Gasteiger partial charge is 0.462 e. The Morgan fingerprint density at radius 1 is 1.31 bits per heavy atom. The topological polar surface area (TPSA) is 49.9 Å². The van der Waals surface area contributed by atoms with E-state index in [0.29, 0.717) is 23.0 Å². The Morgan fingerprint density at radius 2 is 2.08 bits per heavy atom. The molecule has 2 aromatic rings. The number of thiophene rings is 1. The van der Waals surface area contributed by atoms with Crippen LogP contribution in [0.15, 0.2) is 41.8 Å². The summed E-state index contributed by atoms with van der Waals surface area (Å²) in [5.41, 5.74) is 1.14. The van der Waals surface area contributed by atoms with Crippen molar-refractivity contribution in [1.82, 2.24) is 4.90 Å². The van der Waals surface area contributed by atoms with Crippen molar-refractivity contribution in [2.24, 2.45) is 0 Å². The summed E-state index contributed by atoms with van der Waals surface area (Å²) in [7, 11) is 0. The molecule has 1 amide bonds. The lowest BCUT2D eigenvalue weighted by Crippen LogP contribution is -2.33. The van der Waals surface area contributed by atoms with Gasteiger partial charge in [0.2, 0.25) is 0 Å². The fourth-order valence-electron chi connectivity index (χ4n) is 3.14. The van der Waals surface area contributed by atoms with Crippen LogP contribution in [0, 0.1) is 0 Å². The number of esters is 1. The van der Waals surface area contributed by atoms with Gasteiger partial charge in [0.25, 0.3) is 5.91 Å². The third-order valence-electron chi connectivity index (χ3n) is 4.34. The van der Waals surface area contributed by atoms with E-state index in [0.717, 1.165) is 5.75 Å². The number of benzene rings is 1. The van der Waals surface area contributed by atoms with Crippen LogP contribution in [0.25, 0.3) is 0 Å². The molecule has 5 nitrogen and oxygen atoms in total. The number of thioether (sulfide) groups is 1. The number of fused-ring (bicyclic) bond motifs is 1. The van der Waals surface area contributed by atoms with E-state index in [2.05, 4.69) is 6.07 Å². The van der Waals surface area contributed by atoms with E-state index in [4.69, 9.17) is 17.0 Å². The number of carbonyl (C=O) groups excluding carboxylic acids is 2. The molecule has 2 aliphatic rings. The van der Waals surface area contributed by atoms with Crippen LogP contribution in [0.3, 0.4) is 0 Å². The average Bonchev–Trinajstić information content (AvgIpc) is 3.35. The number of nitrogens with zero attached hydrogens (tertiary/aromatic N) is 2. The van der Waals surface area contributed by atoms with Crippen molar-refractivity contribution in [1.29, 1.82) is 0 Å². The molecule has 3 heterocycles. The molecule has 2 atom stereocenters. The molecule has 1 aromatic heterocycles. The van der Waals surface area contributed by atoms with Gasteiger partial charge in [0.15, 0.2) is 5.11 Å². The van der Waals surface area contributed by atoms with Gasteiger partial charge in [0.05, 0.1) is 17.9 Å². The second-order valence-corrected chi connectivity index (χ2v) is 8.31. The van der Waals surface area contributed by atoms with Crippen LogP contribution in [-0.2, 0) is 9.53 Å². The van der Waals surface area contributed by atoms with Gasteiger partial charge in [0, 0.05) is 10.6 Å². The van der Waals surface area contributed by atoms with Gasteiger partial charge in [0.1, 0.15) is 11.4 Å². The van der Waals surface area contributed by atoms with Crippen LogP contribution in [0.4, 0.5) is 5.69 Å². The SMILES string of the molecule is CCOC(=O)c1ccc(N2C(=O)[C@@H]3CS[C@@H](c4cccs4)N3C2=S)cc1. The van der Waals surface area contributed by atoms with Crippen molar-refractivity contribution in [3.05, 3.63) is 52.2 Å². The molecule has 26 heavy (non-hydrogen) atoms. The second kappa shape index (κ2) is 7.02. The fourth-order valence-corrected chi connectivity index (χ4v) is 6.02. The minimum absolute atomic E-state index is 0.00885. The summed E-state index contributed by atoms with van der Waals surface area (Å²) in [5.74, 6) is 0.341. The molecular formula is C18H16N2O3S3. The lowest BCUT2D eigenvalue weighted by Gasteiger charge is -2.24. The van der Waals surface area contributed by atoms with Gasteiger partial charge >= 0.3 is 5.97 Å². The minimum Gasteiger partial charge on any atom is -0.462 e. The lowest BCUT2D eigenvalue weighted by atomic mass is 10.2. The third kappa shape index (κ3) is 2.82. The normalized spacial score (nSPS) is 22.0. The maximum absolute atomic E-state index is 12.9. The summed E-state index contributed by atoms with van der Waals surface area (Å²) < 4.78 is 5.00. The van der Waals surface area contributed by atoms with Crippen molar-refractivity contribution in [3.63, 3.8) is 0 Å². The highest BCUT2D eigenvalue weighted by Crippen LogP contribution is 2.47. The first-order valence-corrected chi connectivity index (χ1v) is 10.5. The van der Waals surface area contributed by atoms with Gasteiger partial charge in [-0.2, -0.15) is 0 Å². The van der Waals surface area contributed by atoms with Crippen LogP contribution in [0.5, 0.6) is 0 Å². The maximum atomic E-state index is 12.9. The van der Waals surface area contributed by atoms with Crippen molar-refractivity contribution in [2.45, 2.75) is 18.3 Å². The van der Waals surface area contributed by atoms with Gasteiger partial charge in [-0.05, 0) is 54.9 Å². The molecule has 2 saturated heterocycles. The minimum atomic E-state index is -0.371. The first kappa shape index (κ1) is 17.5. The molecule has 2 aliphatic heterocycles. The summed E-state index contributed by atoms with van der Waals surface area (Å²) in [6.07, 6.45) is 0. The first-order chi connectivity index (χ1) is 12.6. The Kier molecular flexibility index (Phi) is 4.73. The molecule has 0 aliphatic carbocycles. The van der Waals surface area contributed by atoms with E-state index >= 15 is 0 Å². The molecular weight excluding hydrogens is 388 g/mol. The molecule has 8 heteroatoms. The molecule has 0 N–H and O–H groups in total. The van der Waals surface area contributed by atoms with Crippen molar-refractivity contribution in [3.8, 4) is 0 Å². The van der Waals surface area contributed by atoms with Crippen LogP contribution in [0.2, 0.25) is 0 Å². The zero-order valence-electron chi connectivity index (χ0n) is 14.0. The zero-order chi connectivity index (χ0) is 18.3. The van der Waals surface area contributed by atoms with Gasteiger partial charge in [-0.3, -0.25) is 9.69 Å². The van der Waals surface area contributed by atoms with Crippen LogP contribution < -0.4 is 4.90 Å². The molecule has 1 aromatic carbocycles. The van der Waals surface area contributed by atoms with Crippen molar-refractivity contribution in [2.75, 3.05) is 17.3 Å². The van der Waals surface area contributed by atoms with E-state index in [1.807, 2.05) is 16.3 Å². The van der Waals surface area contributed by atoms with Gasteiger partial charge in [-0.25, -0.2) is 4.79 Å². The Hall–Kier alpha value is -1.90. The lowest BCUT2D eigenvalue weighted by molar-refractivity contribution is -0.119. The number of amides is 1. The Balaban J connectivity index is 1.59. The quantitative estimate of drug-likeness (QED) is 0.572. The highest BCUT2D eigenvalue weighted by atomic mass is 32.2. The van der Waals surface area contributed by atoms with Crippen LogP contribution >= 0.6 is 35.3 Å². The molecule has 0 spiro atoms. The van der Waals surface area contributed by atoms with Crippen LogP contribution in [0.1, 0.15) is 27.5 Å². The molecule has 134 valence electrons. The number of thiocarbonyl (C=S) groups is 1. The first-order valence-electron chi connectivity index (χ1n) is 8.20. The molecule has 0 radical (unpaired) electrons. The molecule has 0 unspecified atom stereocenters. The van der Waals surface area contributed by atoms with E-state index < -0.39 is 0 Å². The molecule has 0 bridgehead atoms. The van der Waals surface area contributed by atoms with E-state index in [-0.39, 0.29) is 23.3 Å². The Labute approximate surface area is 164 Å². The summed E-state index contributed by atoms with van der Waals surface area (Å²) in [6.45, 7) is 2.09. The predicted molar refractivity (Wildman–Crippen MR) is 108 cm³/mol.